The fourth-order valence-corrected chi connectivity index (χ4v) is 4.49. The van der Waals surface area contributed by atoms with E-state index in [2.05, 4.69) is 5.32 Å². The van der Waals surface area contributed by atoms with E-state index in [4.69, 9.17) is 21.1 Å². The van der Waals surface area contributed by atoms with Gasteiger partial charge in [-0.15, -0.1) is 0 Å². The average molecular weight is 521 g/mol. The molecule has 0 aliphatic carbocycles. The molecule has 1 aliphatic rings. The van der Waals surface area contributed by atoms with Gasteiger partial charge in [0, 0.05) is 30.5 Å². The Morgan fingerprint density at radius 3 is 2.46 bits per heavy atom. The van der Waals surface area contributed by atoms with Crippen molar-refractivity contribution in [2.24, 2.45) is 0 Å². The predicted octanol–water partition coefficient (Wildman–Crippen LogP) is 5.56. The van der Waals surface area contributed by atoms with Gasteiger partial charge in [-0.25, -0.2) is 0 Å². The number of hydrogen-bond donors (Lipinski definition) is 1. The molecular weight excluding hydrogens is 488 g/mol. The molecule has 194 valence electrons. The monoisotopic (exact) mass is 520 g/mol. The molecule has 2 atom stereocenters. The highest BCUT2D eigenvalue weighted by Crippen LogP contribution is 2.33. The summed E-state index contributed by atoms with van der Waals surface area (Å²) in [6.45, 7) is 4.44. The number of hydrogen-bond acceptors (Lipinski definition) is 4. The molecule has 0 fully saturated rings. The van der Waals surface area contributed by atoms with Crippen molar-refractivity contribution in [1.82, 2.24) is 10.2 Å². The van der Waals surface area contributed by atoms with Gasteiger partial charge >= 0.3 is 0 Å². The normalized spacial score (nSPS) is 13.6. The second kappa shape index (κ2) is 12.6. The van der Waals surface area contributed by atoms with E-state index in [-0.39, 0.29) is 37.6 Å². The molecule has 0 saturated heterocycles. The number of ether oxygens (including phenoxy) is 2. The van der Waals surface area contributed by atoms with Gasteiger partial charge in [-0.3, -0.25) is 9.59 Å². The van der Waals surface area contributed by atoms with Gasteiger partial charge in [-0.05, 0) is 54.7 Å². The number of nitrogens with one attached hydrogen (secondary N) is 1. The minimum atomic E-state index is -0.683. The van der Waals surface area contributed by atoms with E-state index >= 15 is 0 Å². The highest BCUT2D eigenvalue weighted by molar-refractivity contribution is 6.31. The second-order valence-corrected chi connectivity index (χ2v) is 9.73. The highest BCUT2D eigenvalue weighted by Gasteiger charge is 2.31. The standard InChI is InChI=1S/C30H33ClN2O4/c1-3-21(2)32-30(35)26(17-22-9-5-4-6-10-22)33(19-24-11-7-8-12-25(24)31)29(34)16-14-23-13-15-27-28(18-23)37-20-36-27/h4-13,15,18,21,26H,3,14,16-17,19-20H2,1-2H3,(H,32,35). The SMILES string of the molecule is CCC(C)NC(=O)C(Cc1ccccc1)N(Cc1ccccc1Cl)C(=O)CCc1ccc2c(c1)OCO2. The molecule has 6 nitrogen and oxygen atoms in total. The first kappa shape index (κ1) is 26.6. The summed E-state index contributed by atoms with van der Waals surface area (Å²) in [4.78, 5) is 29.1. The largest absolute Gasteiger partial charge is 0.454 e. The van der Waals surface area contributed by atoms with Crippen LogP contribution in [0.1, 0.15) is 43.4 Å². The molecule has 37 heavy (non-hydrogen) atoms. The number of amides is 2. The van der Waals surface area contributed by atoms with Crippen molar-refractivity contribution in [1.29, 1.82) is 0 Å². The van der Waals surface area contributed by atoms with E-state index in [1.165, 1.54) is 0 Å². The molecule has 0 saturated carbocycles. The molecule has 2 unspecified atom stereocenters. The van der Waals surface area contributed by atoms with Crippen LogP contribution in [0.3, 0.4) is 0 Å². The van der Waals surface area contributed by atoms with Crippen molar-refractivity contribution >= 4 is 23.4 Å². The van der Waals surface area contributed by atoms with Crippen molar-refractivity contribution in [3.63, 3.8) is 0 Å². The third kappa shape index (κ3) is 7.04. The summed E-state index contributed by atoms with van der Waals surface area (Å²) < 4.78 is 10.9. The molecule has 4 rings (SSSR count). The van der Waals surface area contributed by atoms with Gasteiger partial charge in [0.2, 0.25) is 18.6 Å². The van der Waals surface area contributed by atoms with Crippen LogP contribution in [0.25, 0.3) is 0 Å². The number of carbonyl (C=O) groups excluding carboxylic acids is 2. The Morgan fingerprint density at radius 1 is 0.973 bits per heavy atom. The minimum Gasteiger partial charge on any atom is -0.454 e. The Labute approximate surface area is 223 Å². The molecule has 3 aromatic rings. The summed E-state index contributed by atoms with van der Waals surface area (Å²) >= 11 is 6.49. The summed E-state index contributed by atoms with van der Waals surface area (Å²) in [5, 5.41) is 3.66. The molecule has 1 heterocycles. The molecule has 2 amide bonds. The molecule has 0 radical (unpaired) electrons. The number of halogens is 1. The fourth-order valence-electron chi connectivity index (χ4n) is 4.30. The minimum absolute atomic E-state index is 0.00308. The van der Waals surface area contributed by atoms with Crippen molar-refractivity contribution in [3.8, 4) is 11.5 Å². The summed E-state index contributed by atoms with van der Waals surface area (Å²) in [5.41, 5.74) is 2.76. The molecule has 1 aliphatic heterocycles. The summed E-state index contributed by atoms with van der Waals surface area (Å²) in [6, 6.07) is 22.3. The van der Waals surface area contributed by atoms with Crippen LogP contribution < -0.4 is 14.8 Å². The molecule has 1 N–H and O–H groups in total. The Kier molecular flexibility index (Phi) is 9.07. The van der Waals surface area contributed by atoms with E-state index in [0.717, 1.165) is 23.1 Å². The molecule has 0 aromatic heterocycles. The van der Waals surface area contributed by atoms with Gasteiger partial charge in [0.15, 0.2) is 11.5 Å². The molecule has 0 spiro atoms. The molecule has 7 heteroatoms. The van der Waals surface area contributed by atoms with Gasteiger partial charge in [0.25, 0.3) is 0 Å². The van der Waals surface area contributed by atoms with E-state index < -0.39 is 6.04 Å². The van der Waals surface area contributed by atoms with E-state index in [9.17, 15) is 9.59 Å². The maximum absolute atomic E-state index is 13.8. The molecule has 0 bridgehead atoms. The third-order valence-electron chi connectivity index (χ3n) is 6.64. The lowest BCUT2D eigenvalue weighted by Gasteiger charge is -2.32. The second-order valence-electron chi connectivity index (χ2n) is 9.32. The Hall–Kier alpha value is -3.51. The van der Waals surface area contributed by atoms with Gasteiger partial charge < -0.3 is 19.7 Å². The van der Waals surface area contributed by atoms with Crippen molar-refractivity contribution in [3.05, 3.63) is 94.5 Å². The van der Waals surface area contributed by atoms with Crippen molar-refractivity contribution in [2.45, 2.75) is 58.2 Å². The van der Waals surface area contributed by atoms with E-state index in [0.29, 0.717) is 29.4 Å². The number of rotatable bonds is 11. The van der Waals surface area contributed by atoms with Gasteiger partial charge in [0.1, 0.15) is 6.04 Å². The Morgan fingerprint density at radius 2 is 1.70 bits per heavy atom. The topological polar surface area (TPSA) is 67.9 Å². The smallest absolute Gasteiger partial charge is 0.243 e. The Balaban J connectivity index is 1.61. The van der Waals surface area contributed by atoms with Crippen LogP contribution in [0.5, 0.6) is 11.5 Å². The van der Waals surface area contributed by atoms with Gasteiger partial charge in [-0.1, -0.05) is 73.1 Å². The summed E-state index contributed by atoms with van der Waals surface area (Å²) in [6.07, 6.45) is 1.96. The zero-order valence-corrected chi connectivity index (χ0v) is 22.0. The molecule has 3 aromatic carbocycles. The van der Waals surface area contributed by atoms with Crippen LogP contribution in [0.4, 0.5) is 0 Å². The van der Waals surface area contributed by atoms with Crippen LogP contribution in [0.15, 0.2) is 72.8 Å². The average Bonchev–Trinajstić information content (AvgIpc) is 3.38. The molecular formula is C30H33ClN2O4. The first-order valence-corrected chi connectivity index (χ1v) is 13.1. The number of nitrogens with zero attached hydrogens (tertiary/aromatic N) is 1. The summed E-state index contributed by atoms with van der Waals surface area (Å²) in [5.74, 6) is 1.12. The first-order chi connectivity index (χ1) is 17.9. The summed E-state index contributed by atoms with van der Waals surface area (Å²) in [7, 11) is 0. The fraction of sp³-hybridized carbons (Fsp3) is 0.333. The quantitative estimate of drug-likeness (QED) is 0.359. The van der Waals surface area contributed by atoms with Gasteiger partial charge in [-0.2, -0.15) is 0 Å². The van der Waals surface area contributed by atoms with E-state index in [1.54, 1.807) is 11.0 Å². The predicted molar refractivity (Wildman–Crippen MR) is 145 cm³/mol. The van der Waals surface area contributed by atoms with Crippen LogP contribution in [-0.2, 0) is 29.0 Å². The van der Waals surface area contributed by atoms with Crippen molar-refractivity contribution in [2.75, 3.05) is 6.79 Å². The van der Waals surface area contributed by atoms with Crippen molar-refractivity contribution < 1.29 is 19.1 Å². The number of aryl methyl sites for hydroxylation is 1. The van der Waals surface area contributed by atoms with Gasteiger partial charge in [0.05, 0.1) is 0 Å². The maximum Gasteiger partial charge on any atom is 0.243 e. The lowest BCUT2D eigenvalue weighted by Crippen LogP contribution is -2.52. The zero-order chi connectivity index (χ0) is 26.2. The number of benzene rings is 3. The lowest BCUT2D eigenvalue weighted by molar-refractivity contribution is -0.141. The number of carbonyl (C=O) groups is 2. The van der Waals surface area contributed by atoms with Crippen LogP contribution in [0, 0.1) is 0 Å². The van der Waals surface area contributed by atoms with Crippen LogP contribution >= 0.6 is 11.6 Å². The highest BCUT2D eigenvalue weighted by atomic mass is 35.5. The zero-order valence-electron chi connectivity index (χ0n) is 21.3. The number of fused-ring (bicyclic) bond motifs is 1. The maximum atomic E-state index is 13.8. The van der Waals surface area contributed by atoms with Crippen LogP contribution in [-0.4, -0.2) is 35.6 Å². The lowest BCUT2D eigenvalue weighted by atomic mass is 10.0. The van der Waals surface area contributed by atoms with E-state index in [1.807, 2.05) is 80.6 Å². The third-order valence-corrected chi connectivity index (χ3v) is 7.00. The Bertz CT molecular complexity index is 1220. The first-order valence-electron chi connectivity index (χ1n) is 12.7. The van der Waals surface area contributed by atoms with Crippen LogP contribution in [0.2, 0.25) is 5.02 Å².